The second-order valence-electron chi connectivity index (χ2n) is 19.0. The predicted molar refractivity (Wildman–Crippen MR) is 234 cm³/mol. The molecule has 3 aliphatic heterocycles. The molecule has 2 N–H and O–H groups in total. The fraction of sp³-hybridized carbons (Fsp3) is 0.872. The molecule has 18 atom stereocenters. The molecule has 3 saturated heterocycles. The van der Waals surface area contributed by atoms with Gasteiger partial charge in [-0.1, -0.05) is 34.6 Å². The van der Waals surface area contributed by atoms with Crippen molar-refractivity contribution in [2.24, 2.45) is 29.6 Å². The van der Waals surface area contributed by atoms with E-state index in [1.165, 1.54) is 21.0 Å². The summed E-state index contributed by atoms with van der Waals surface area (Å²) in [6.45, 7) is 22.8. The fourth-order valence-electron chi connectivity index (χ4n) is 9.65. The lowest BCUT2D eigenvalue weighted by Gasteiger charge is -2.50. The highest BCUT2D eigenvalue weighted by molar-refractivity contribution is 5.94. The molecule has 17 heteroatoms. The van der Waals surface area contributed by atoms with E-state index in [1.807, 2.05) is 53.6 Å². The highest BCUT2D eigenvalue weighted by Crippen LogP contribution is 2.43. The van der Waals surface area contributed by atoms with Crippen LogP contribution < -0.4 is 0 Å². The number of aliphatic hydroxyl groups is 2. The fourth-order valence-corrected chi connectivity index (χ4v) is 9.65. The Balaban J connectivity index is 2.34. The highest BCUT2D eigenvalue weighted by Gasteiger charge is 2.54. The largest absolute Gasteiger partial charge is 0.476 e. The smallest absolute Gasteiger partial charge is 0.373 e. The minimum atomic E-state index is -2.00. The maximum Gasteiger partial charge on any atom is 0.373 e. The van der Waals surface area contributed by atoms with E-state index in [4.69, 9.17) is 47.4 Å². The van der Waals surface area contributed by atoms with E-state index in [0.717, 1.165) is 6.08 Å². The molecule has 3 fully saturated rings. The summed E-state index contributed by atoms with van der Waals surface area (Å²) in [5.41, 5.74) is -4.03. The zero-order valence-corrected chi connectivity index (χ0v) is 41.5. The zero-order chi connectivity index (χ0) is 48.6. The molecule has 0 saturated carbocycles. The monoisotopic (exact) mass is 916 g/mol. The first kappa shape index (κ1) is 55.6. The number of ketones is 1. The van der Waals surface area contributed by atoms with E-state index in [9.17, 15) is 29.4 Å². The van der Waals surface area contributed by atoms with Crippen LogP contribution in [0.2, 0.25) is 0 Å². The number of aliphatic hydroxyl groups excluding tert-OH is 1. The molecule has 17 nitrogen and oxygen atoms in total. The van der Waals surface area contributed by atoms with Gasteiger partial charge in [-0.25, -0.2) is 9.59 Å². The zero-order valence-electron chi connectivity index (χ0n) is 41.5. The van der Waals surface area contributed by atoms with Gasteiger partial charge in [0.2, 0.25) is 5.76 Å². The first-order chi connectivity index (χ1) is 29.8. The number of likely N-dealkylation sites (N-methyl/N-ethyl adjacent to an activating group) is 1. The van der Waals surface area contributed by atoms with Gasteiger partial charge in [0.1, 0.15) is 17.5 Å². The highest BCUT2D eigenvalue weighted by atomic mass is 16.7. The molecule has 0 bridgehead atoms. The van der Waals surface area contributed by atoms with Crippen LogP contribution >= 0.6 is 0 Å². The van der Waals surface area contributed by atoms with Crippen LogP contribution in [0, 0.1) is 29.6 Å². The molecule has 0 aromatic carbocycles. The van der Waals surface area contributed by atoms with E-state index in [1.54, 1.807) is 48.7 Å². The van der Waals surface area contributed by atoms with Gasteiger partial charge >= 0.3 is 17.9 Å². The Morgan fingerprint density at radius 1 is 0.844 bits per heavy atom. The Morgan fingerprint density at radius 3 is 2.00 bits per heavy atom. The molecule has 0 aromatic rings. The van der Waals surface area contributed by atoms with Crippen LogP contribution in [0.5, 0.6) is 0 Å². The third kappa shape index (κ3) is 12.8. The molecular weight excluding hydrogens is 835 g/mol. The summed E-state index contributed by atoms with van der Waals surface area (Å²) in [7, 11) is 6.82. The van der Waals surface area contributed by atoms with Gasteiger partial charge in [0.05, 0.1) is 73.0 Å². The van der Waals surface area contributed by atoms with Crippen LogP contribution in [0.4, 0.5) is 0 Å². The number of carbonyl (C=O) groups excluding carboxylic acids is 4. The molecule has 64 heavy (non-hydrogen) atoms. The molecule has 3 heterocycles. The van der Waals surface area contributed by atoms with E-state index >= 15 is 0 Å². The molecule has 0 aliphatic carbocycles. The number of methoxy groups -OCH3 is 2. The van der Waals surface area contributed by atoms with Crippen molar-refractivity contribution < 1.29 is 76.8 Å². The Kier molecular flexibility index (Phi) is 20.3. The molecule has 0 amide bonds. The molecule has 3 aliphatic rings. The average Bonchev–Trinajstić information content (AvgIpc) is 3.23. The molecule has 0 aromatic heterocycles. The summed E-state index contributed by atoms with van der Waals surface area (Å²) in [6.07, 6.45) is -7.02. The summed E-state index contributed by atoms with van der Waals surface area (Å²) < 4.78 is 62.6. The summed E-state index contributed by atoms with van der Waals surface area (Å²) in [6, 6.07) is -0.454. The lowest BCUT2D eigenvalue weighted by molar-refractivity contribution is -0.316. The van der Waals surface area contributed by atoms with Crippen LogP contribution in [0.3, 0.4) is 0 Å². The number of Topliss-reactive ketones (excluding diaryl/α,β-unsaturated/α-hetero) is 1. The second-order valence-corrected chi connectivity index (χ2v) is 19.0. The summed E-state index contributed by atoms with van der Waals surface area (Å²) >= 11 is 0. The third-order valence-corrected chi connectivity index (χ3v) is 14.1. The summed E-state index contributed by atoms with van der Waals surface area (Å²) in [4.78, 5) is 56.9. The van der Waals surface area contributed by atoms with Crippen molar-refractivity contribution >= 4 is 23.7 Å². The average molecular weight is 916 g/mol. The van der Waals surface area contributed by atoms with Crippen LogP contribution in [-0.2, 0) is 66.5 Å². The first-order valence-electron chi connectivity index (χ1n) is 23.0. The lowest BCUT2D eigenvalue weighted by Crippen LogP contribution is -2.61. The van der Waals surface area contributed by atoms with Gasteiger partial charge in [-0.2, -0.15) is 0 Å². The number of carbonyl (C=O) groups is 4. The number of hydrogen-bond donors (Lipinski definition) is 2. The SMILES string of the molecule is CCOC(=O)C=C(O[C@H]1[C@H](O[C@@H]2[C@@H](C)[C@H](O[C@H]3C[C@@](C)(OC)[C@@H](C)[C@H](C)O3)[C@@H](C)C(=O)O[C@H](CC)[C@@](C)(O)[C@H](O)[C@@H](C)C(=O)[C@H](C)C[C@]2(C)OC)O[C@H](C)C[C@@H]1N(C)C)C(=O)OCC. The van der Waals surface area contributed by atoms with Crippen LogP contribution in [0.1, 0.15) is 116 Å². The molecule has 0 unspecified atom stereocenters. The van der Waals surface area contributed by atoms with Gasteiger partial charge in [-0.05, 0) is 88.7 Å². The molecule has 0 radical (unpaired) electrons. The number of ether oxygens (including phenoxy) is 10. The van der Waals surface area contributed by atoms with Crippen molar-refractivity contribution in [1.29, 1.82) is 0 Å². The van der Waals surface area contributed by atoms with E-state index in [0.29, 0.717) is 12.8 Å². The standard InChI is InChI=1S/C47H81NO16/c1-18-34-47(13,54)40(51)27(6)37(50)25(4)23-46(12,56-17)41(28(7)38(29(8)42(52)62-34)63-36-24-45(11,55-16)30(9)31(10)60-36)64-44-39(32(48(14)15)21-26(5)59-44)61-33(43(53)58-20-3)22-35(49)57-19-2/h22,25-32,34,36,38-41,44,51,54H,18-21,23-24H2,1-17H3/t25-,26-,27+,28+,29-,30+,31+,32+,34-,36+,38+,39-,40-,41-,44+,45-,46+,47-/m1/s1. The number of esters is 3. The normalized spacial score (nSPS) is 42.1. The molecular formula is C47H81NO16. The summed E-state index contributed by atoms with van der Waals surface area (Å²) in [5.74, 6) is -6.93. The minimum absolute atomic E-state index is 0.000412. The Bertz CT molecular complexity index is 1590. The van der Waals surface area contributed by atoms with Crippen LogP contribution in [0.15, 0.2) is 11.8 Å². The Hall–Kier alpha value is -2.74. The van der Waals surface area contributed by atoms with E-state index < -0.39 is 119 Å². The predicted octanol–water partition coefficient (Wildman–Crippen LogP) is 4.75. The van der Waals surface area contributed by atoms with Crippen molar-refractivity contribution in [1.82, 2.24) is 4.90 Å². The number of hydrogen-bond acceptors (Lipinski definition) is 17. The minimum Gasteiger partial charge on any atom is -0.476 e. The maximum atomic E-state index is 14.5. The molecule has 370 valence electrons. The van der Waals surface area contributed by atoms with Crippen molar-refractivity contribution in [3.63, 3.8) is 0 Å². The van der Waals surface area contributed by atoms with Gasteiger partial charge in [0.15, 0.2) is 18.7 Å². The van der Waals surface area contributed by atoms with E-state index in [-0.39, 0.29) is 43.9 Å². The number of nitrogens with zero attached hydrogens (tertiary/aromatic N) is 1. The van der Waals surface area contributed by atoms with Crippen LogP contribution in [-0.4, -0.2) is 158 Å². The van der Waals surface area contributed by atoms with Crippen molar-refractivity contribution in [3.05, 3.63) is 11.8 Å². The van der Waals surface area contributed by atoms with Gasteiger partial charge in [-0.3, -0.25) is 9.59 Å². The van der Waals surface area contributed by atoms with Crippen molar-refractivity contribution in [3.8, 4) is 0 Å². The molecule has 3 rings (SSSR count). The summed E-state index contributed by atoms with van der Waals surface area (Å²) in [5, 5.41) is 23.4. The van der Waals surface area contributed by atoms with Gasteiger partial charge in [0, 0.05) is 44.3 Å². The van der Waals surface area contributed by atoms with E-state index in [2.05, 4.69) is 0 Å². The Morgan fingerprint density at radius 2 is 1.45 bits per heavy atom. The van der Waals surface area contributed by atoms with Crippen LogP contribution in [0.25, 0.3) is 0 Å². The topological polar surface area (TPSA) is 204 Å². The van der Waals surface area contributed by atoms with Gasteiger partial charge in [-0.15, -0.1) is 0 Å². The van der Waals surface area contributed by atoms with Gasteiger partial charge < -0.3 is 62.5 Å². The molecule has 0 spiro atoms. The quantitative estimate of drug-likeness (QED) is 0.104. The maximum absolute atomic E-state index is 14.5. The van der Waals surface area contributed by atoms with Crippen molar-refractivity contribution in [2.45, 2.75) is 194 Å². The first-order valence-corrected chi connectivity index (χ1v) is 23.0. The Labute approximate surface area is 381 Å². The van der Waals surface area contributed by atoms with Gasteiger partial charge in [0.25, 0.3) is 0 Å². The second kappa shape index (κ2) is 23.3. The lowest BCUT2D eigenvalue weighted by atomic mass is 9.73. The van der Waals surface area contributed by atoms with Crippen molar-refractivity contribution in [2.75, 3.05) is 41.5 Å². The third-order valence-electron chi connectivity index (χ3n) is 14.1. The number of rotatable bonds is 14. The number of cyclic esters (lactones) is 1.